The Morgan fingerprint density at radius 2 is 1.91 bits per heavy atom. The average Bonchev–Trinajstić information content (AvgIpc) is 2.76. The molecule has 0 bridgehead atoms. The fourth-order valence-corrected chi connectivity index (χ4v) is 2.41. The second-order valence-corrected chi connectivity index (χ2v) is 5.30. The Labute approximate surface area is 128 Å². The molecule has 1 aliphatic heterocycles. The number of hydrogen-bond acceptors (Lipinski definition) is 4. The molecule has 1 fully saturated rings. The molecular formula is C16H16N4O2. The Morgan fingerprint density at radius 1 is 1.18 bits per heavy atom. The minimum Gasteiger partial charge on any atom is -0.318 e. The van der Waals surface area contributed by atoms with E-state index in [1.54, 1.807) is 13.2 Å². The highest BCUT2D eigenvalue weighted by Gasteiger charge is 2.34. The first-order valence-corrected chi connectivity index (χ1v) is 6.99. The zero-order valence-electron chi connectivity index (χ0n) is 12.5. The molecule has 2 heterocycles. The van der Waals surface area contributed by atoms with Crippen molar-refractivity contribution >= 4 is 11.9 Å². The van der Waals surface area contributed by atoms with Gasteiger partial charge in [0.2, 0.25) is 0 Å². The van der Waals surface area contributed by atoms with E-state index in [4.69, 9.17) is 0 Å². The number of urea groups is 1. The van der Waals surface area contributed by atoms with Crippen LogP contribution in [0.2, 0.25) is 0 Å². The fraction of sp³-hybridized carbons (Fsp3) is 0.250. The van der Waals surface area contributed by atoms with Crippen molar-refractivity contribution in [2.45, 2.75) is 13.5 Å². The third-order valence-corrected chi connectivity index (χ3v) is 3.60. The molecule has 0 radical (unpaired) electrons. The maximum atomic E-state index is 11.9. The summed E-state index contributed by atoms with van der Waals surface area (Å²) >= 11 is 0. The third-order valence-electron chi connectivity index (χ3n) is 3.60. The van der Waals surface area contributed by atoms with Crippen LogP contribution >= 0.6 is 0 Å². The van der Waals surface area contributed by atoms with Crippen molar-refractivity contribution in [1.82, 2.24) is 19.8 Å². The number of amides is 3. The standard InChI is InChI=1S/C16H16N4O2/c1-11-8-17-13(9-20-14(21)10-19(2)16(20)22)18-15(11)12-6-4-3-5-7-12/h3-8H,9-10H2,1-2H3. The lowest BCUT2D eigenvalue weighted by atomic mass is 10.1. The molecule has 2 aromatic rings. The number of hydrogen-bond donors (Lipinski definition) is 0. The molecule has 112 valence electrons. The first-order valence-electron chi connectivity index (χ1n) is 6.99. The predicted molar refractivity (Wildman–Crippen MR) is 80.8 cm³/mol. The van der Waals surface area contributed by atoms with Crippen molar-refractivity contribution < 1.29 is 9.59 Å². The van der Waals surface area contributed by atoms with Crippen molar-refractivity contribution in [2.75, 3.05) is 13.6 Å². The maximum Gasteiger partial charge on any atom is 0.327 e. The molecule has 1 aromatic carbocycles. The Hall–Kier alpha value is -2.76. The molecule has 0 aliphatic carbocycles. The quantitative estimate of drug-likeness (QED) is 0.811. The van der Waals surface area contributed by atoms with Gasteiger partial charge in [-0.25, -0.2) is 14.8 Å². The van der Waals surface area contributed by atoms with Gasteiger partial charge in [-0.1, -0.05) is 30.3 Å². The Balaban J connectivity index is 1.90. The van der Waals surface area contributed by atoms with E-state index in [0.29, 0.717) is 5.82 Å². The number of likely N-dealkylation sites (N-methyl/N-ethyl adjacent to an activating group) is 1. The van der Waals surface area contributed by atoms with Crippen LogP contribution in [0.1, 0.15) is 11.4 Å². The van der Waals surface area contributed by atoms with Crippen LogP contribution in [0.25, 0.3) is 11.3 Å². The molecule has 0 N–H and O–H groups in total. The van der Waals surface area contributed by atoms with E-state index in [1.807, 2.05) is 37.3 Å². The molecule has 1 saturated heterocycles. The van der Waals surface area contributed by atoms with Crippen LogP contribution < -0.4 is 0 Å². The predicted octanol–water partition coefficient (Wildman–Crippen LogP) is 1.85. The van der Waals surface area contributed by atoms with Crippen LogP contribution in [0.4, 0.5) is 4.79 Å². The highest BCUT2D eigenvalue weighted by molar-refractivity contribution is 6.01. The summed E-state index contributed by atoms with van der Waals surface area (Å²) in [6.07, 6.45) is 1.72. The van der Waals surface area contributed by atoms with E-state index in [2.05, 4.69) is 9.97 Å². The summed E-state index contributed by atoms with van der Waals surface area (Å²) in [4.78, 5) is 35.1. The first-order chi connectivity index (χ1) is 10.6. The molecule has 3 rings (SSSR count). The number of carbonyl (C=O) groups is 2. The fourth-order valence-electron chi connectivity index (χ4n) is 2.41. The zero-order chi connectivity index (χ0) is 15.7. The largest absolute Gasteiger partial charge is 0.327 e. The van der Waals surface area contributed by atoms with Crippen molar-refractivity contribution in [3.05, 3.63) is 47.9 Å². The normalized spacial score (nSPS) is 14.8. The average molecular weight is 296 g/mol. The Kier molecular flexibility index (Phi) is 3.58. The second kappa shape index (κ2) is 5.55. The number of carbonyl (C=O) groups excluding carboxylic acids is 2. The monoisotopic (exact) mass is 296 g/mol. The van der Waals surface area contributed by atoms with Crippen molar-refractivity contribution in [3.63, 3.8) is 0 Å². The number of aromatic nitrogens is 2. The van der Waals surface area contributed by atoms with E-state index in [1.165, 1.54) is 9.80 Å². The van der Waals surface area contributed by atoms with Crippen LogP contribution in [-0.2, 0) is 11.3 Å². The number of benzene rings is 1. The lowest BCUT2D eigenvalue weighted by Gasteiger charge is -2.14. The van der Waals surface area contributed by atoms with E-state index in [9.17, 15) is 9.59 Å². The van der Waals surface area contributed by atoms with Gasteiger partial charge in [0, 0.05) is 18.8 Å². The van der Waals surface area contributed by atoms with Gasteiger partial charge < -0.3 is 4.90 Å². The lowest BCUT2D eigenvalue weighted by molar-refractivity contribution is -0.125. The number of aryl methyl sites for hydroxylation is 1. The zero-order valence-corrected chi connectivity index (χ0v) is 12.5. The van der Waals surface area contributed by atoms with E-state index < -0.39 is 0 Å². The number of imide groups is 1. The maximum absolute atomic E-state index is 11.9. The summed E-state index contributed by atoms with van der Waals surface area (Å²) < 4.78 is 0. The highest BCUT2D eigenvalue weighted by atomic mass is 16.2. The summed E-state index contributed by atoms with van der Waals surface area (Å²) in [5.41, 5.74) is 2.75. The topological polar surface area (TPSA) is 66.4 Å². The summed E-state index contributed by atoms with van der Waals surface area (Å²) in [5.74, 6) is 0.236. The lowest BCUT2D eigenvalue weighted by Crippen LogP contribution is -2.31. The Morgan fingerprint density at radius 3 is 2.55 bits per heavy atom. The number of nitrogens with zero attached hydrogens (tertiary/aromatic N) is 4. The summed E-state index contributed by atoms with van der Waals surface area (Å²) in [5, 5.41) is 0. The molecule has 0 saturated carbocycles. The molecule has 1 aromatic heterocycles. The SMILES string of the molecule is Cc1cnc(CN2C(=O)CN(C)C2=O)nc1-c1ccccc1. The molecule has 1 aliphatic rings. The molecule has 6 nitrogen and oxygen atoms in total. The minimum absolute atomic E-state index is 0.0993. The van der Waals surface area contributed by atoms with Crippen molar-refractivity contribution in [2.24, 2.45) is 0 Å². The van der Waals surface area contributed by atoms with Gasteiger partial charge in [-0.3, -0.25) is 9.69 Å². The van der Waals surface area contributed by atoms with Crippen molar-refractivity contribution in [3.8, 4) is 11.3 Å². The van der Waals surface area contributed by atoms with Crippen LogP contribution in [0.15, 0.2) is 36.5 Å². The third kappa shape index (κ3) is 2.55. The van der Waals surface area contributed by atoms with E-state index in [-0.39, 0.29) is 25.0 Å². The molecule has 0 atom stereocenters. The van der Waals surface area contributed by atoms with Crippen LogP contribution in [0.5, 0.6) is 0 Å². The minimum atomic E-state index is -0.310. The first kappa shape index (κ1) is 14.2. The van der Waals surface area contributed by atoms with Gasteiger partial charge in [-0.2, -0.15) is 0 Å². The molecule has 0 unspecified atom stereocenters. The summed E-state index contributed by atoms with van der Waals surface area (Å²) in [6.45, 7) is 2.14. The van der Waals surface area contributed by atoms with Crippen molar-refractivity contribution in [1.29, 1.82) is 0 Å². The molecular weight excluding hydrogens is 280 g/mol. The van der Waals surface area contributed by atoms with Gasteiger partial charge in [0.05, 0.1) is 12.2 Å². The summed E-state index contributed by atoms with van der Waals surface area (Å²) in [7, 11) is 1.60. The Bertz CT molecular complexity index is 730. The van der Waals surface area contributed by atoms with Gasteiger partial charge in [0.1, 0.15) is 12.4 Å². The van der Waals surface area contributed by atoms with E-state index in [0.717, 1.165) is 16.8 Å². The van der Waals surface area contributed by atoms with Gasteiger partial charge >= 0.3 is 6.03 Å². The van der Waals surface area contributed by atoms with Gasteiger partial charge in [-0.05, 0) is 12.5 Å². The molecule has 22 heavy (non-hydrogen) atoms. The molecule has 0 spiro atoms. The van der Waals surface area contributed by atoms with Gasteiger partial charge in [0.25, 0.3) is 5.91 Å². The molecule has 3 amide bonds. The van der Waals surface area contributed by atoms with Crippen LogP contribution in [0.3, 0.4) is 0 Å². The van der Waals surface area contributed by atoms with Crippen LogP contribution in [0, 0.1) is 6.92 Å². The van der Waals surface area contributed by atoms with Gasteiger partial charge in [-0.15, -0.1) is 0 Å². The number of rotatable bonds is 3. The smallest absolute Gasteiger partial charge is 0.318 e. The molecule has 6 heteroatoms. The van der Waals surface area contributed by atoms with E-state index >= 15 is 0 Å². The highest BCUT2D eigenvalue weighted by Crippen LogP contribution is 2.21. The summed E-state index contributed by atoms with van der Waals surface area (Å²) in [6, 6.07) is 9.46. The van der Waals surface area contributed by atoms with Crippen LogP contribution in [-0.4, -0.2) is 45.3 Å². The second-order valence-electron chi connectivity index (χ2n) is 5.30. The van der Waals surface area contributed by atoms with Gasteiger partial charge in [0.15, 0.2) is 0 Å².